The van der Waals surface area contributed by atoms with E-state index in [1.807, 2.05) is 18.7 Å². The number of amides is 1. The number of nitrogens with zero attached hydrogens (tertiary/aromatic N) is 3. The molecule has 1 fully saturated rings. The van der Waals surface area contributed by atoms with E-state index in [2.05, 4.69) is 10.1 Å². The lowest BCUT2D eigenvalue weighted by Gasteiger charge is -2.32. The first-order valence-corrected chi connectivity index (χ1v) is 6.96. The lowest BCUT2D eigenvalue weighted by molar-refractivity contribution is -0.133. The zero-order valence-corrected chi connectivity index (χ0v) is 11.6. The van der Waals surface area contributed by atoms with Gasteiger partial charge in [0.25, 0.3) is 0 Å². The van der Waals surface area contributed by atoms with Crippen LogP contribution in [0.4, 0.5) is 0 Å². The summed E-state index contributed by atoms with van der Waals surface area (Å²) in [7, 11) is 0. The van der Waals surface area contributed by atoms with Crippen LogP contribution in [0, 0.1) is 6.92 Å². The lowest BCUT2D eigenvalue weighted by atomic mass is 9.96. The molecule has 106 valence electrons. The Labute approximate surface area is 113 Å². The molecule has 0 saturated carbocycles. The Morgan fingerprint density at radius 3 is 2.74 bits per heavy atom. The summed E-state index contributed by atoms with van der Waals surface area (Å²) in [5.74, 6) is 1.70. The third kappa shape index (κ3) is 3.32. The molecule has 0 aliphatic carbocycles. The van der Waals surface area contributed by atoms with E-state index in [-0.39, 0.29) is 17.9 Å². The molecule has 1 aromatic heterocycles. The van der Waals surface area contributed by atoms with Gasteiger partial charge in [-0.2, -0.15) is 4.98 Å². The molecule has 19 heavy (non-hydrogen) atoms. The largest absolute Gasteiger partial charge is 0.341 e. The molecule has 1 amide bonds. The standard InChI is InChI=1S/C13H22N4O2/c1-3-4-11(14)13(18)17-7-5-10(6-8-17)12-15-9(2)16-19-12/h10-11H,3-8,14H2,1-2H3. The molecule has 0 aromatic carbocycles. The first kappa shape index (κ1) is 14.0. The fraction of sp³-hybridized carbons (Fsp3) is 0.769. The molecule has 0 bridgehead atoms. The lowest BCUT2D eigenvalue weighted by Crippen LogP contribution is -2.46. The molecule has 2 N–H and O–H groups in total. The Morgan fingerprint density at radius 1 is 1.53 bits per heavy atom. The molecule has 1 aromatic rings. The maximum Gasteiger partial charge on any atom is 0.239 e. The van der Waals surface area contributed by atoms with Gasteiger partial charge in [0.15, 0.2) is 5.82 Å². The van der Waals surface area contributed by atoms with Gasteiger partial charge < -0.3 is 15.2 Å². The zero-order valence-electron chi connectivity index (χ0n) is 11.6. The van der Waals surface area contributed by atoms with Crippen LogP contribution in [0.2, 0.25) is 0 Å². The number of hydrogen-bond acceptors (Lipinski definition) is 5. The van der Waals surface area contributed by atoms with E-state index >= 15 is 0 Å². The van der Waals surface area contributed by atoms with Crippen molar-refractivity contribution >= 4 is 5.91 Å². The summed E-state index contributed by atoms with van der Waals surface area (Å²) in [4.78, 5) is 18.2. The van der Waals surface area contributed by atoms with E-state index in [0.29, 0.717) is 11.7 Å². The van der Waals surface area contributed by atoms with E-state index in [0.717, 1.165) is 38.8 Å². The molecule has 1 saturated heterocycles. The molecule has 1 aliphatic heterocycles. The highest BCUT2D eigenvalue weighted by Gasteiger charge is 2.28. The molecule has 0 spiro atoms. The molecule has 2 heterocycles. The van der Waals surface area contributed by atoms with Crippen molar-refractivity contribution in [2.75, 3.05) is 13.1 Å². The van der Waals surface area contributed by atoms with Crippen LogP contribution in [0.15, 0.2) is 4.52 Å². The Kier molecular flexibility index (Phi) is 4.52. The van der Waals surface area contributed by atoms with Gasteiger partial charge in [0.2, 0.25) is 11.8 Å². The highest BCUT2D eigenvalue weighted by atomic mass is 16.5. The number of hydrogen-bond donors (Lipinski definition) is 1. The minimum atomic E-state index is -0.354. The zero-order chi connectivity index (χ0) is 13.8. The summed E-state index contributed by atoms with van der Waals surface area (Å²) in [5.41, 5.74) is 5.88. The van der Waals surface area contributed by atoms with Gasteiger partial charge >= 0.3 is 0 Å². The van der Waals surface area contributed by atoms with Crippen molar-refractivity contribution in [2.45, 2.75) is 51.5 Å². The maximum atomic E-state index is 12.1. The second-order valence-corrected chi connectivity index (χ2v) is 5.17. The number of carbonyl (C=O) groups excluding carboxylic acids is 1. The van der Waals surface area contributed by atoms with Crippen molar-refractivity contribution in [1.82, 2.24) is 15.0 Å². The van der Waals surface area contributed by atoms with Gasteiger partial charge in [0.05, 0.1) is 6.04 Å². The van der Waals surface area contributed by atoms with E-state index in [9.17, 15) is 4.79 Å². The van der Waals surface area contributed by atoms with Crippen molar-refractivity contribution < 1.29 is 9.32 Å². The number of nitrogens with two attached hydrogens (primary N) is 1. The van der Waals surface area contributed by atoms with Gasteiger partial charge in [0.1, 0.15) is 0 Å². The molecule has 2 rings (SSSR count). The first-order chi connectivity index (χ1) is 9.11. The molecule has 6 heteroatoms. The Hall–Kier alpha value is -1.43. The van der Waals surface area contributed by atoms with Gasteiger partial charge in [-0.3, -0.25) is 4.79 Å². The number of aryl methyl sites for hydroxylation is 1. The number of likely N-dealkylation sites (tertiary alicyclic amines) is 1. The van der Waals surface area contributed by atoms with Gasteiger partial charge in [-0.1, -0.05) is 18.5 Å². The molecular weight excluding hydrogens is 244 g/mol. The van der Waals surface area contributed by atoms with Crippen LogP contribution in [-0.2, 0) is 4.79 Å². The fourth-order valence-corrected chi connectivity index (χ4v) is 2.49. The SMILES string of the molecule is CCCC(N)C(=O)N1CCC(c2nc(C)no2)CC1. The van der Waals surface area contributed by atoms with Crippen LogP contribution in [0.5, 0.6) is 0 Å². The van der Waals surface area contributed by atoms with E-state index in [1.165, 1.54) is 0 Å². The van der Waals surface area contributed by atoms with Crippen LogP contribution in [0.3, 0.4) is 0 Å². The summed E-state index contributed by atoms with van der Waals surface area (Å²) in [6, 6.07) is -0.354. The monoisotopic (exact) mass is 266 g/mol. The van der Waals surface area contributed by atoms with E-state index in [4.69, 9.17) is 10.3 Å². The second-order valence-electron chi connectivity index (χ2n) is 5.17. The minimum Gasteiger partial charge on any atom is -0.341 e. The third-order valence-corrected chi connectivity index (χ3v) is 3.62. The molecule has 1 aliphatic rings. The molecule has 0 radical (unpaired) electrons. The minimum absolute atomic E-state index is 0.0713. The maximum absolute atomic E-state index is 12.1. The van der Waals surface area contributed by atoms with E-state index in [1.54, 1.807) is 0 Å². The Morgan fingerprint density at radius 2 is 2.21 bits per heavy atom. The summed E-state index contributed by atoms with van der Waals surface area (Å²) in [6.45, 7) is 5.30. The Bertz CT molecular complexity index is 424. The predicted molar refractivity (Wildman–Crippen MR) is 70.5 cm³/mol. The van der Waals surface area contributed by atoms with Crippen molar-refractivity contribution in [3.8, 4) is 0 Å². The molecule has 1 atom stereocenters. The third-order valence-electron chi connectivity index (χ3n) is 3.62. The van der Waals surface area contributed by atoms with Crippen LogP contribution >= 0.6 is 0 Å². The second kappa shape index (κ2) is 6.14. The normalized spacial score (nSPS) is 18.6. The van der Waals surface area contributed by atoms with Gasteiger partial charge in [-0.05, 0) is 26.2 Å². The number of aromatic nitrogens is 2. The highest BCUT2D eigenvalue weighted by molar-refractivity contribution is 5.81. The Balaban J connectivity index is 1.87. The number of carbonyl (C=O) groups is 1. The quantitative estimate of drug-likeness (QED) is 0.885. The van der Waals surface area contributed by atoms with Crippen molar-refractivity contribution in [2.24, 2.45) is 5.73 Å². The number of piperidine rings is 1. The summed E-state index contributed by atoms with van der Waals surface area (Å²) < 4.78 is 5.20. The smallest absolute Gasteiger partial charge is 0.239 e. The van der Waals surface area contributed by atoms with Crippen LogP contribution in [-0.4, -0.2) is 40.1 Å². The summed E-state index contributed by atoms with van der Waals surface area (Å²) >= 11 is 0. The van der Waals surface area contributed by atoms with Gasteiger partial charge in [-0.25, -0.2) is 0 Å². The van der Waals surface area contributed by atoms with E-state index < -0.39 is 0 Å². The molecule has 6 nitrogen and oxygen atoms in total. The predicted octanol–water partition coefficient (Wildman–Crippen LogP) is 1.21. The van der Waals surface area contributed by atoms with Crippen LogP contribution in [0.1, 0.15) is 50.2 Å². The molecular formula is C13H22N4O2. The van der Waals surface area contributed by atoms with Crippen molar-refractivity contribution in [3.63, 3.8) is 0 Å². The molecule has 1 unspecified atom stereocenters. The topological polar surface area (TPSA) is 85.3 Å². The fourth-order valence-electron chi connectivity index (χ4n) is 2.49. The van der Waals surface area contributed by atoms with Crippen LogP contribution in [0.25, 0.3) is 0 Å². The first-order valence-electron chi connectivity index (χ1n) is 6.96. The summed E-state index contributed by atoms with van der Waals surface area (Å²) in [6.07, 6.45) is 3.42. The van der Waals surface area contributed by atoms with Crippen molar-refractivity contribution in [1.29, 1.82) is 0 Å². The van der Waals surface area contributed by atoms with Gasteiger partial charge in [0, 0.05) is 19.0 Å². The highest BCUT2D eigenvalue weighted by Crippen LogP contribution is 2.26. The average molecular weight is 266 g/mol. The summed E-state index contributed by atoms with van der Waals surface area (Å²) in [5, 5.41) is 3.81. The van der Waals surface area contributed by atoms with Crippen molar-refractivity contribution in [3.05, 3.63) is 11.7 Å². The number of rotatable bonds is 4. The van der Waals surface area contributed by atoms with Crippen LogP contribution < -0.4 is 5.73 Å². The average Bonchev–Trinajstić information content (AvgIpc) is 2.85. The van der Waals surface area contributed by atoms with Gasteiger partial charge in [-0.15, -0.1) is 0 Å².